The van der Waals surface area contributed by atoms with E-state index in [1.165, 1.54) is 17.7 Å². The standard InChI is InChI=1S/C16H24N2S/c1-13(14-7-5-4-6-8-14)9-11-17-15-18-16(2,3)10-12-19-15/h4-8,13H,9-12H2,1-3H3,(H,17,18). The molecule has 0 aliphatic carbocycles. The maximum absolute atomic E-state index is 4.71. The molecule has 1 fully saturated rings. The fourth-order valence-corrected chi connectivity index (χ4v) is 3.52. The number of hydrogen-bond donors (Lipinski definition) is 1. The van der Waals surface area contributed by atoms with E-state index >= 15 is 0 Å². The summed E-state index contributed by atoms with van der Waals surface area (Å²) in [6.07, 6.45) is 2.31. The molecule has 0 amide bonds. The van der Waals surface area contributed by atoms with Crippen LogP contribution in [0.15, 0.2) is 35.3 Å². The van der Waals surface area contributed by atoms with Gasteiger partial charge in [-0.2, -0.15) is 0 Å². The zero-order chi connectivity index (χ0) is 13.7. The minimum absolute atomic E-state index is 0.204. The molecule has 1 aromatic rings. The summed E-state index contributed by atoms with van der Waals surface area (Å²) in [6.45, 7) is 7.67. The third-order valence-electron chi connectivity index (χ3n) is 3.60. The third kappa shape index (κ3) is 4.57. The number of aliphatic imine (C=N–C) groups is 1. The number of rotatable bonds is 4. The number of nitrogens with one attached hydrogen (secondary N) is 1. The Kier molecular flexibility index (Phi) is 4.92. The van der Waals surface area contributed by atoms with E-state index < -0.39 is 0 Å². The van der Waals surface area contributed by atoms with E-state index in [2.05, 4.69) is 56.4 Å². The van der Waals surface area contributed by atoms with Gasteiger partial charge in [0, 0.05) is 17.8 Å². The van der Waals surface area contributed by atoms with E-state index in [4.69, 9.17) is 4.99 Å². The van der Waals surface area contributed by atoms with Crippen LogP contribution < -0.4 is 5.32 Å². The van der Waals surface area contributed by atoms with Crippen molar-refractivity contribution in [2.24, 2.45) is 4.99 Å². The topological polar surface area (TPSA) is 24.4 Å². The third-order valence-corrected chi connectivity index (χ3v) is 4.51. The van der Waals surface area contributed by atoms with Gasteiger partial charge in [0.2, 0.25) is 0 Å². The second-order valence-corrected chi connectivity index (χ2v) is 6.98. The van der Waals surface area contributed by atoms with Gasteiger partial charge in [-0.3, -0.25) is 4.99 Å². The quantitative estimate of drug-likeness (QED) is 0.897. The van der Waals surface area contributed by atoms with E-state index in [0.29, 0.717) is 5.92 Å². The summed E-state index contributed by atoms with van der Waals surface area (Å²) in [5.41, 5.74) is 1.61. The molecule has 1 aliphatic rings. The van der Waals surface area contributed by atoms with Crippen LogP contribution in [-0.2, 0) is 0 Å². The van der Waals surface area contributed by atoms with Gasteiger partial charge in [0.05, 0.1) is 0 Å². The molecule has 0 saturated carbocycles. The molecule has 0 aromatic heterocycles. The molecule has 1 aliphatic heterocycles. The Balaban J connectivity index is 1.83. The van der Waals surface area contributed by atoms with Crippen LogP contribution in [0.5, 0.6) is 0 Å². The van der Waals surface area contributed by atoms with Gasteiger partial charge in [0.15, 0.2) is 5.17 Å². The summed E-state index contributed by atoms with van der Waals surface area (Å²) in [6, 6.07) is 10.7. The molecule has 2 rings (SSSR count). The predicted octanol–water partition coefficient (Wildman–Crippen LogP) is 4.04. The Bertz CT molecular complexity index is 426. The smallest absolute Gasteiger partial charge is 0.156 e. The maximum atomic E-state index is 4.71. The first-order valence-electron chi connectivity index (χ1n) is 7.07. The van der Waals surface area contributed by atoms with Crippen LogP contribution in [0, 0.1) is 0 Å². The van der Waals surface area contributed by atoms with Gasteiger partial charge in [0.1, 0.15) is 0 Å². The minimum Gasteiger partial charge on any atom is -0.360 e. The molecular weight excluding hydrogens is 252 g/mol. The van der Waals surface area contributed by atoms with E-state index in [0.717, 1.165) is 18.1 Å². The molecule has 2 nitrogen and oxygen atoms in total. The monoisotopic (exact) mass is 276 g/mol. The van der Waals surface area contributed by atoms with Crippen LogP contribution in [0.25, 0.3) is 0 Å². The highest BCUT2D eigenvalue weighted by Gasteiger charge is 2.23. The van der Waals surface area contributed by atoms with Crippen LogP contribution in [0.2, 0.25) is 0 Å². The second-order valence-electron chi connectivity index (χ2n) is 5.89. The van der Waals surface area contributed by atoms with Crippen LogP contribution in [0.3, 0.4) is 0 Å². The zero-order valence-corrected chi connectivity index (χ0v) is 13.0. The van der Waals surface area contributed by atoms with Gasteiger partial charge < -0.3 is 5.32 Å². The molecule has 1 N–H and O–H groups in total. The van der Waals surface area contributed by atoms with Crippen LogP contribution in [-0.4, -0.2) is 23.0 Å². The number of thioether (sulfide) groups is 1. The van der Waals surface area contributed by atoms with Crippen molar-refractivity contribution < 1.29 is 0 Å². The van der Waals surface area contributed by atoms with Crippen molar-refractivity contribution in [3.63, 3.8) is 0 Å². The molecule has 1 saturated heterocycles. The van der Waals surface area contributed by atoms with Crippen LogP contribution in [0.4, 0.5) is 0 Å². The predicted molar refractivity (Wildman–Crippen MR) is 86.1 cm³/mol. The van der Waals surface area contributed by atoms with E-state index in [1.807, 2.05) is 11.8 Å². The lowest BCUT2D eigenvalue weighted by Gasteiger charge is -2.32. The van der Waals surface area contributed by atoms with Crippen molar-refractivity contribution in [1.82, 2.24) is 5.32 Å². The summed E-state index contributed by atoms with van der Waals surface area (Å²) < 4.78 is 0. The van der Waals surface area contributed by atoms with E-state index in [9.17, 15) is 0 Å². The highest BCUT2D eigenvalue weighted by Crippen LogP contribution is 2.22. The largest absolute Gasteiger partial charge is 0.360 e. The molecule has 1 heterocycles. The average molecular weight is 276 g/mol. The van der Waals surface area contributed by atoms with Gasteiger partial charge in [-0.15, -0.1) is 0 Å². The van der Waals surface area contributed by atoms with Gasteiger partial charge >= 0.3 is 0 Å². The van der Waals surface area contributed by atoms with Crippen molar-refractivity contribution >= 4 is 16.9 Å². The molecule has 0 radical (unpaired) electrons. The summed E-state index contributed by atoms with van der Waals surface area (Å²) in [4.78, 5) is 4.71. The Hall–Kier alpha value is -0.960. The fourth-order valence-electron chi connectivity index (χ4n) is 2.18. The Morgan fingerprint density at radius 2 is 2.05 bits per heavy atom. The van der Waals surface area contributed by atoms with Gasteiger partial charge in [0.25, 0.3) is 0 Å². The van der Waals surface area contributed by atoms with Gasteiger partial charge in [-0.25, -0.2) is 0 Å². The highest BCUT2D eigenvalue weighted by atomic mass is 32.2. The maximum Gasteiger partial charge on any atom is 0.156 e. The van der Waals surface area contributed by atoms with Crippen LogP contribution in [0.1, 0.15) is 45.1 Å². The average Bonchev–Trinajstić information content (AvgIpc) is 2.38. The number of amidine groups is 1. The lowest BCUT2D eigenvalue weighted by atomic mass is 9.98. The van der Waals surface area contributed by atoms with Crippen LogP contribution >= 0.6 is 11.8 Å². The minimum atomic E-state index is 0.204. The summed E-state index contributed by atoms with van der Waals surface area (Å²) >= 11 is 1.85. The molecular formula is C16H24N2S. The summed E-state index contributed by atoms with van der Waals surface area (Å²) in [5.74, 6) is 1.75. The lowest BCUT2D eigenvalue weighted by Crippen LogP contribution is -2.46. The number of benzene rings is 1. The summed E-state index contributed by atoms with van der Waals surface area (Å²) in [5, 5.41) is 4.64. The first-order valence-corrected chi connectivity index (χ1v) is 8.06. The van der Waals surface area contributed by atoms with Crippen molar-refractivity contribution in [3.05, 3.63) is 35.9 Å². The molecule has 1 aromatic carbocycles. The Morgan fingerprint density at radius 1 is 1.32 bits per heavy atom. The molecule has 0 spiro atoms. The lowest BCUT2D eigenvalue weighted by molar-refractivity contribution is 0.446. The van der Waals surface area contributed by atoms with Gasteiger partial charge in [-0.05, 0) is 38.2 Å². The van der Waals surface area contributed by atoms with Gasteiger partial charge in [-0.1, -0.05) is 49.0 Å². The van der Waals surface area contributed by atoms with Crippen molar-refractivity contribution in [2.45, 2.75) is 45.1 Å². The molecule has 3 heteroatoms. The normalized spacial score (nSPS) is 21.9. The SMILES string of the molecule is CC(CCN=C1NC(C)(C)CCS1)c1ccccc1. The molecule has 1 unspecified atom stereocenters. The number of hydrogen-bond acceptors (Lipinski definition) is 2. The highest BCUT2D eigenvalue weighted by molar-refractivity contribution is 8.13. The van der Waals surface area contributed by atoms with Crippen molar-refractivity contribution in [2.75, 3.05) is 12.3 Å². The van der Waals surface area contributed by atoms with E-state index in [-0.39, 0.29) is 5.54 Å². The first-order chi connectivity index (χ1) is 9.07. The molecule has 104 valence electrons. The molecule has 1 atom stereocenters. The Morgan fingerprint density at radius 3 is 2.74 bits per heavy atom. The summed E-state index contributed by atoms with van der Waals surface area (Å²) in [7, 11) is 0. The van der Waals surface area contributed by atoms with E-state index in [1.54, 1.807) is 0 Å². The van der Waals surface area contributed by atoms with Crippen molar-refractivity contribution in [3.8, 4) is 0 Å². The van der Waals surface area contributed by atoms with Crippen molar-refractivity contribution in [1.29, 1.82) is 0 Å². The zero-order valence-electron chi connectivity index (χ0n) is 12.1. The second kappa shape index (κ2) is 6.47. The molecule has 19 heavy (non-hydrogen) atoms. The fraction of sp³-hybridized carbons (Fsp3) is 0.562. The Labute approximate surface area is 121 Å². The number of nitrogens with zero attached hydrogens (tertiary/aromatic N) is 1. The first kappa shape index (κ1) is 14.4. The molecule has 0 bridgehead atoms.